The van der Waals surface area contributed by atoms with Crippen LogP contribution in [0.25, 0.3) is 212 Å². The number of fused-ring (bicyclic) bond motifs is 8. The minimum absolute atomic E-state index is 0.815. The van der Waals surface area contributed by atoms with Crippen LogP contribution in [0.15, 0.2) is 232 Å². The molecule has 16 nitrogen and oxygen atoms in total. The Hall–Kier alpha value is -11.6. The van der Waals surface area contributed by atoms with E-state index in [2.05, 4.69) is 84.9 Å². The van der Waals surface area contributed by atoms with Crippen molar-refractivity contribution in [2.24, 2.45) is 0 Å². The van der Waals surface area contributed by atoms with Gasteiger partial charge in [-0.1, -0.05) is 90.7 Å². The molecule has 0 atom stereocenters. The average molecular weight is 1460 g/mol. The van der Waals surface area contributed by atoms with Crippen LogP contribution < -0.4 is 0 Å². The van der Waals surface area contributed by atoms with Crippen LogP contribution in [0.1, 0.15) is 0 Å². The predicted octanol–water partition coefficient (Wildman–Crippen LogP) is 21.7. The summed E-state index contributed by atoms with van der Waals surface area (Å²) < 4.78 is 0. The summed E-state index contributed by atoms with van der Waals surface area (Å²) in [5.74, 6) is 0. The highest BCUT2D eigenvalue weighted by molar-refractivity contribution is 7.24. The lowest BCUT2D eigenvalue weighted by molar-refractivity contribution is 1.40. The average Bonchev–Trinajstić information content (AvgIpc) is 1.31. The highest BCUT2D eigenvalue weighted by atomic mass is 32.1. The van der Waals surface area contributed by atoms with Crippen molar-refractivity contribution in [1.29, 1.82) is 0 Å². The molecular weight excluding hydrogens is 1420 g/mol. The molecule has 0 aliphatic rings. The fraction of sp³-hybridized carbons (Fsp3) is 0. The highest BCUT2D eigenvalue weighted by Gasteiger charge is 2.26. The van der Waals surface area contributed by atoms with Gasteiger partial charge < -0.3 is 0 Å². The minimum atomic E-state index is 0.815. The predicted molar refractivity (Wildman–Crippen MR) is 419 cm³/mol. The molecule has 21 aromatic rings. The zero-order valence-electron chi connectivity index (χ0n) is 52.4. The second kappa shape index (κ2) is 24.1. The van der Waals surface area contributed by atoms with E-state index in [-0.39, 0.29) is 0 Å². The first-order chi connectivity index (χ1) is 50.4. The summed E-state index contributed by atoms with van der Waals surface area (Å²) in [5.41, 5.74) is 21.0. The lowest BCUT2D eigenvalue weighted by Crippen LogP contribution is -1.96. The number of benzene rings is 5. The van der Waals surface area contributed by atoms with E-state index in [1.165, 1.54) is 0 Å². The van der Waals surface area contributed by atoms with Crippen molar-refractivity contribution in [2.45, 2.75) is 0 Å². The van der Waals surface area contributed by atoms with Gasteiger partial charge in [0.25, 0.3) is 0 Å². The van der Waals surface area contributed by atoms with Gasteiger partial charge in [0.2, 0.25) is 0 Å². The smallest absolute Gasteiger partial charge is 0.143 e. The molecule has 0 bridgehead atoms. The molecule has 0 radical (unpaired) electrons. The Morgan fingerprint density at radius 1 is 0.157 bits per heavy atom. The molecule has 0 amide bonds. The van der Waals surface area contributed by atoms with E-state index in [9.17, 15) is 0 Å². The van der Waals surface area contributed by atoms with Gasteiger partial charge in [0.15, 0.2) is 0 Å². The molecule has 0 unspecified atom stereocenters. The van der Waals surface area contributed by atoms with Crippen molar-refractivity contribution in [3.05, 3.63) is 232 Å². The first-order valence-electron chi connectivity index (χ1n) is 31.9. The number of hydrogen-bond acceptors (Lipinski definition) is 24. The second-order valence-corrected chi connectivity index (χ2v) is 31.7. The monoisotopic (exact) mass is 1450 g/mol. The van der Waals surface area contributed by atoms with Crippen LogP contribution in [-0.4, -0.2) is 79.7 Å². The standard InChI is InChI=1S/C78H38N16S8/c1-9-55-71(79-17-1)95-63(87-55)43-25-39(26-44(33-43)64-88-56-10-2-18-80-72(56)96-64)51-37-53(41-29-47(67-91-59-13-5-21-83-75(59)99-67)35-48(30-41)68-92-60-14-6-22-84-76(60)100-68)54(42-31-49(69-93-61-15-7-23-85-77(61)101-69)36-50(32-42)70-94-62-16-8-24-86-78(62)102-70)38-52(51)40-27-45(65-89-57-11-3-19-81-73(57)97-65)34-46(28-40)66-90-58-12-4-20-82-74(58)98-66/h1-38H. The van der Waals surface area contributed by atoms with E-state index in [1.54, 1.807) is 90.7 Å². The van der Waals surface area contributed by atoms with Crippen molar-refractivity contribution in [2.75, 3.05) is 0 Å². The number of hydrogen-bond donors (Lipinski definition) is 0. The third kappa shape index (κ3) is 10.6. The molecule has 21 rings (SSSR count). The molecule has 102 heavy (non-hydrogen) atoms. The summed E-state index contributed by atoms with van der Waals surface area (Å²) >= 11 is 12.5. The number of rotatable bonds is 12. The van der Waals surface area contributed by atoms with Gasteiger partial charge in [0, 0.05) is 94.1 Å². The van der Waals surface area contributed by atoms with Gasteiger partial charge in [-0.2, -0.15) is 0 Å². The van der Waals surface area contributed by atoms with Crippen molar-refractivity contribution >= 4 is 173 Å². The Morgan fingerprint density at radius 2 is 0.294 bits per heavy atom. The Balaban J connectivity index is 0.908. The molecule has 0 aliphatic heterocycles. The van der Waals surface area contributed by atoms with Crippen LogP contribution in [0.3, 0.4) is 0 Å². The van der Waals surface area contributed by atoms with Gasteiger partial charge in [-0.05, 0) is 226 Å². The first kappa shape index (κ1) is 59.3. The molecule has 0 fully saturated rings. The van der Waals surface area contributed by atoms with Crippen molar-refractivity contribution in [3.63, 3.8) is 0 Å². The fourth-order valence-corrected chi connectivity index (χ4v) is 20.0. The van der Waals surface area contributed by atoms with Gasteiger partial charge in [0.05, 0.1) is 0 Å². The van der Waals surface area contributed by atoms with Crippen molar-refractivity contribution < 1.29 is 0 Å². The summed E-state index contributed by atoms with van der Waals surface area (Å²) in [5, 5.41) is 6.52. The SMILES string of the molecule is c1cnc2sc(-c3cc(-c4nc5cccnc5s4)cc(-c4cc(-c5cc(-c6nc7cccnc7s6)cc(-c6nc7cccnc7s6)c5)c(-c5cc(-c6nc7cccnc7s6)cc(-c6nc7cccnc7s6)c5)cc4-c4cc(-c5nc6cccnc6s5)cc(-c5nc6cccnc6s5)c4)c3)nc2c1. The number of aromatic nitrogens is 16. The quantitative estimate of drug-likeness (QED) is 0.111. The van der Waals surface area contributed by atoms with Gasteiger partial charge >= 0.3 is 0 Å². The zero-order valence-corrected chi connectivity index (χ0v) is 58.9. The van der Waals surface area contributed by atoms with E-state index in [0.717, 1.165) is 212 Å². The Morgan fingerprint density at radius 3 is 0.431 bits per heavy atom. The maximum atomic E-state index is 5.29. The Kier molecular flexibility index (Phi) is 14.0. The van der Waals surface area contributed by atoms with Crippen molar-refractivity contribution in [1.82, 2.24) is 79.7 Å². The Bertz CT molecular complexity index is 5520. The zero-order chi connectivity index (χ0) is 66.9. The summed E-state index contributed by atoms with van der Waals surface area (Å²) in [4.78, 5) is 87.4. The van der Waals surface area contributed by atoms with Crippen molar-refractivity contribution in [3.8, 4) is 129 Å². The maximum Gasteiger partial charge on any atom is 0.143 e. The molecule has 0 spiro atoms. The summed E-state index contributed by atoms with van der Waals surface area (Å²) in [6.45, 7) is 0. The molecule has 24 heteroatoms. The molecule has 0 saturated carbocycles. The van der Waals surface area contributed by atoms with Crippen LogP contribution in [0.4, 0.5) is 0 Å². The van der Waals surface area contributed by atoms with E-state index >= 15 is 0 Å². The molecule has 478 valence electrons. The van der Waals surface area contributed by atoms with Gasteiger partial charge in [-0.25, -0.2) is 79.7 Å². The lowest BCUT2D eigenvalue weighted by Gasteiger charge is -2.21. The van der Waals surface area contributed by atoms with E-state index in [1.807, 2.05) is 147 Å². The Labute approximate surface area is 608 Å². The molecule has 16 aromatic heterocycles. The number of thiazole rings is 8. The highest BCUT2D eigenvalue weighted by Crippen LogP contribution is 2.51. The van der Waals surface area contributed by atoms with Crippen LogP contribution in [0, 0.1) is 0 Å². The number of pyridine rings is 8. The molecule has 16 heterocycles. The molecule has 0 N–H and O–H groups in total. The van der Waals surface area contributed by atoms with E-state index < -0.39 is 0 Å². The summed E-state index contributed by atoms with van der Waals surface area (Å²) in [6, 6.07) is 63.3. The van der Waals surface area contributed by atoms with Crippen LogP contribution in [-0.2, 0) is 0 Å². The topological polar surface area (TPSA) is 206 Å². The van der Waals surface area contributed by atoms with Gasteiger partial charge in [-0.15, -0.1) is 0 Å². The van der Waals surface area contributed by atoms with E-state index in [0.29, 0.717) is 0 Å². The third-order valence-electron chi connectivity index (χ3n) is 17.4. The van der Waals surface area contributed by atoms with Gasteiger partial charge in [-0.3, -0.25) is 0 Å². The second-order valence-electron chi connectivity index (χ2n) is 23.9. The first-order valence-corrected chi connectivity index (χ1v) is 38.5. The summed E-state index contributed by atoms with van der Waals surface area (Å²) in [6.07, 6.45) is 14.6. The molecular formula is C78H38N16S8. The number of nitrogens with zero attached hydrogens (tertiary/aromatic N) is 16. The minimum Gasteiger partial charge on any atom is -0.244 e. The molecule has 5 aromatic carbocycles. The summed E-state index contributed by atoms with van der Waals surface area (Å²) in [7, 11) is 0. The van der Waals surface area contributed by atoms with Gasteiger partial charge in [0.1, 0.15) is 123 Å². The largest absolute Gasteiger partial charge is 0.244 e. The van der Waals surface area contributed by atoms with Crippen LogP contribution >= 0.6 is 90.7 Å². The normalized spacial score (nSPS) is 11.9. The third-order valence-corrected chi connectivity index (χ3v) is 25.7. The van der Waals surface area contributed by atoms with Crippen LogP contribution in [0.2, 0.25) is 0 Å². The maximum absolute atomic E-state index is 5.29. The molecule has 0 aliphatic carbocycles. The molecule has 0 saturated heterocycles. The lowest BCUT2D eigenvalue weighted by atomic mass is 9.83. The fourth-order valence-electron chi connectivity index (χ4n) is 12.8. The van der Waals surface area contributed by atoms with Crippen LogP contribution in [0.5, 0.6) is 0 Å². The van der Waals surface area contributed by atoms with E-state index in [4.69, 9.17) is 79.7 Å².